The molecular weight excluding hydrogens is 270 g/mol. The van der Waals surface area contributed by atoms with Crippen LogP contribution in [0.4, 0.5) is 4.79 Å². The van der Waals surface area contributed by atoms with Gasteiger partial charge in [0.2, 0.25) is 0 Å². The van der Waals surface area contributed by atoms with Gasteiger partial charge < -0.3 is 20.2 Å². The van der Waals surface area contributed by atoms with E-state index in [9.17, 15) is 9.59 Å². The second kappa shape index (κ2) is 7.11. The minimum absolute atomic E-state index is 0.0240. The standard InChI is InChI=1S/C15H27N3O3/c1-11-10-17(2)7-8-18(11)15(21)16-9-12-3-5-13(6-4-12)14(19)20/h11-13H,3-10H2,1-2H3,(H,16,21)(H,19,20). The molecule has 6 nitrogen and oxygen atoms in total. The fourth-order valence-corrected chi connectivity index (χ4v) is 3.39. The summed E-state index contributed by atoms with van der Waals surface area (Å²) in [6.07, 6.45) is 3.27. The molecule has 0 spiro atoms. The van der Waals surface area contributed by atoms with E-state index in [2.05, 4.69) is 24.2 Å². The third kappa shape index (κ3) is 4.33. The maximum Gasteiger partial charge on any atom is 0.317 e. The minimum Gasteiger partial charge on any atom is -0.481 e. The van der Waals surface area contributed by atoms with Crippen LogP contribution < -0.4 is 5.32 Å². The highest BCUT2D eigenvalue weighted by Crippen LogP contribution is 2.28. The maximum atomic E-state index is 12.2. The molecule has 120 valence electrons. The van der Waals surface area contributed by atoms with Crippen LogP contribution in [0.2, 0.25) is 0 Å². The highest BCUT2D eigenvalue weighted by Gasteiger charge is 2.28. The number of carbonyl (C=O) groups excluding carboxylic acids is 1. The highest BCUT2D eigenvalue weighted by molar-refractivity contribution is 5.74. The SMILES string of the molecule is CC1CN(C)CCN1C(=O)NCC1CCC(C(=O)O)CC1. The number of piperazine rings is 1. The van der Waals surface area contributed by atoms with Crippen molar-refractivity contribution in [1.29, 1.82) is 0 Å². The predicted octanol–water partition coefficient (Wildman–Crippen LogP) is 1.22. The summed E-state index contributed by atoms with van der Waals surface area (Å²) in [4.78, 5) is 27.3. The molecule has 0 aromatic rings. The van der Waals surface area contributed by atoms with Gasteiger partial charge in [-0.15, -0.1) is 0 Å². The van der Waals surface area contributed by atoms with Crippen molar-refractivity contribution >= 4 is 12.0 Å². The molecule has 2 rings (SSSR count). The molecule has 2 aliphatic rings. The first-order valence-electron chi connectivity index (χ1n) is 7.93. The van der Waals surface area contributed by atoms with Gasteiger partial charge in [-0.3, -0.25) is 4.79 Å². The average Bonchev–Trinajstić information content (AvgIpc) is 2.45. The van der Waals surface area contributed by atoms with Crippen LogP contribution in [0, 0.1) is 11.8 Å². The molecule has 2 amide bonds. The molecule has 1 saturated carbocycles. The van der Waals surface area contributed by atoms with Crippen LogP contribution in [0.25, 0.3) is 0 Å². The van der Waals surface area contributed by atoms with Crippen molar-refractivity contribution in [3.63, 3.8) is 0 Å². The van der Waals surface area contributed by atoms with Crippen LogP contribution >= 0.6 is 0 Å². The number of nitrogens with zero attached hydrogens (tertiary/aromatic N) is 2. The number of carbonyl (C=O) groups is 2. The van der Waals surface area contributed by atoms with Crippen LogP contribution in [0.1, 0.15) is 32.6 Å². The van der Waals surface area contributed by atoms with Gasteiger partial charge in [-0.25, -0.2) is 4.79 Å². The summed E-state index contributed by atoms with van der Waals surface area (Å²) < 4.78 is 0. The molecule has 0 radical (unpaired) electrons. The Morgan fingerprint density at radius 2 is 1.86 bits per heavy atom. The van der Waals surface area contributed by atoms with Crippen molar-refractivity contribution in [2.24, 2.45) is 11.8 Å². The number of likely N-dealkylation sites (N-methyl/N-ethyl adjacent to an activating group) is 1. The molecule has 0 aromatic heterocycles. The summed E-state index contributed by atoms with van der Waals surface area (Å²) in [5, 5.41) is 12.0. The van der Waals surface area contributed by atoms with Gasteiger partial charge >= 0.3 is 12.0 Å². The summed E-state index contributed by atoms with van der Waals surface area (Å²) >= 11 is 0. The first kappa shape index (κ1) is 16.1. The Morgan fingerprint density at radius 1 is 1.19 bits per heavy atom. The number of urea groups is 1. The van der Waals surface area contributed by atoms with Crippen molar-refractivity contribution in [2.45, 2.75) is 38.6 Å². The molecule has 1 saturated heterocycles. The van der Waals surface area contributed by atoms with E-state index in [1.54, 1.807) is 0 Å². The van der Waals surface area contributed by atoms with Gasteiger partial charge in [0.05, 0.1) is 5.92 Å². The lowest BCUT2D eigenvalue weighted by molar-refractivity contribution is -0.143. The van der Waals surface area contributed by atoms with Crippen molar-refractivity contribution in [2.75, 3.05) is 33.2 Å². The molecule has 21 heavy (non-hydrogen) atoms. The second-order valence-corrected chi connectivity index (χ2v) is 6.55. The lowest BCUT2D eigenvalue weighted by atomic mass is 9.82. The Morgan fingerprint density at radius 3 is 2.43 bits per heavy atom. The lowest BCUT2D eigenvalue weighted by Crippen LogP contribution is -2.56. The number of aliphatic carboxylic acids is 1. The number of nitrogens with one attached hydrogen (secondary N) is 1. The van der Waals surface area contributed by atoms with E-state index < -0.39 is 5.97 Å². The lowest BCUT2D eigenvalue weighted by Gasteiger charge is -2.38. The van der Waals surface area contributed by atoms with E-state index in [1.807, 2.05) is 4.90 Å². The predicted molar refractivity (Wildman–Crippen MR) is 80.1 cm³/mol. The molecule has 1 aliphatic carbocycles. The van der Waals surface area contributed by atoms with Gasteiger partial charge in [-0.1, -0.05) is 0 Å². The van der Waals surface area contributed by atoms with E-state index in [1.165, 1.54) is 0 Å². The highest BCUT2D eigenvalue weighted by atomic mass is 16.4. The van der Waals surface area contributed by atoms with Gasteiger partial charge in [0, 0.05) is 32.2 Å². The summed E-state index contributed by atoms with van der Waals surface area (Å²) in [7, 11) is 2.08. The Labute approximate surface area is 126 Å². The number of amides is 2. The Balaban J connectivity index is 1.71. The molecule has 2 N–H and O–H groups in total. The fourth-order valence-electron chi connectivity index (χ4n) is 3.39. The van der Waals surface area contributed by atoms with E-state index in [0.29, 0.717) is 12.5 Å². The monoisotopic (exact) mass is 297 g/mol. The summed E-state index contributed by atoms with van der Waals surface area (Å²) in [6.45, 7) is 5.35. The van der Waals surface area contributed by atoms with E-state index >= 15 is 0 Å². The summed E-state index contributed by atoms with van der Waals surface area (Å²) in [5.41, 5.74) is 0. The largest absolute Gasteiger partial charge is 0.481 e. The number of carboxylic acids is 1. The topological polar surface area (TPSA) is 72.9 Å². The molecule has 0 aromatic carbocycles. The molecule has 2 fully saturated rings. The second-order valence-electron chi connectivity index (χ2n) is 6.55. The molecule has 6 heteroatoms. The van der Waals surface area contributed by atoms with E-state index in [-0.39, 0.29) is 18.0 Å². The Hall–Kier alpha value is -1.30. The van der Waals surface area contributed by atoms with E-state index in [0.717, 1.165) is 45.3 Å². The molecule has 1 atom stereocenters. The third-order valence-electron chi connectivity index (χ3n) is 4.83. The molecule has 1 unspecified atom stereocenters. The van der Waals surface area contributed by atoms with Crippen molar-refractivity contribution in [3.8, 4) is 0 Å². The van der Waals surface area contributed by atoms with Crippen LogP contribution in [0.5, 0.6) is 0 Å². The van der Waals surface area contributed by atoms with Crippen LogP contribution in [-0.4, -0.2) is 66.2 Å². The van der Waals surface area contributed by atoms with Crippen LogP contribution in [0.3, 0.4) is 0 Å². The smallest absolute Gasteiger partial charge is 0.317 e. The Bertz CT molecular complexity index is 380. The molecule has 1 aliphatic heterocycles. The fraction of sp³-hybridized carbons (Fsp3) is 0.867. The van der Waals surface area contributed by atoms with Crippen molar-refractivity contribution in [3.05, 3.63) is 0 Å². The van der Waals surface area contributed by atoms with E-state index in [4.69, 9.17) is 5.11 Å². The minimum atomic E-state index is -0.677. The number of hydrogen-bond donors (Lipinski definition) is 2. The molecular formula is C15H27N3O3. The molecule has 1 heterocycles. The van der Waals surface area contributed by atoms with Crippen LogP contribution in [-0.2, 0) is 4.79 Å². The summed E-state index contributed by atoms with van der Waals surface area (Å²) in [6, 6.07) is 0.266. The first-order valence-corrected chi connectivity index (χ1v) is 7.93. The van der Waals surface area contributed by atoms with Crippen molar-refractivity contribution < 1.29 is 14.7 Å². The average molecular weight is 297 g/mol. The number of rotatable bonds is 3. The zero-order valence-electron chi connectivity index (χ0n) is 13.0. The third-order valence-corrected chi connectivity index (χ3v) is 4.83. The quantitative estimate of drug-likeness (QED) is 0.821. The van der Waals surface area contributed by atoms with Gasteiger partial charge in [-0.2, -0.15) is 0 Å². The van der Waals surface area contributed by atoms with Crippen LogP contribution in [0.15, 0.2) is 0 Å². The Kier molecular flexibility index (Phi) is 5.45. The maximum absolute atomic E-state index is 12.2. The summed E-state index contributed by atoms with van der Waals surface area (Å²) in [5.74, 6) is -0.439. The number of carboxylic acid groups (broad SMARTS) is 1. The normalized spacial score (nSPS) is 31.0. The van der Waals surface area contributed by atoms with Gasteiger partial charge in [0.1, 0.15) is 0 Å². The van der Waals surface area contributed by atoms with Gasteiger partial charge in [0.25, 0.3) is 0 Å². The molecule has 0 bridgehead atoms. The van der Waals surface area contributed by atoms with Gasteiger partial charge in [0.15, 0.2) is 0 Å². The first-order chi connectivity index (χ1) is 9.97. The van der Waals surface area contributed by atoms with Gasteiger partial charge in [-0.05, 0) is 45.6 Å². The number of hydrogen-bond acceptors (Lipinski definition) is 3. The zero-order chi connectivity index (χ0) is 15.4. The van der Waals surface area contributed by atoms with Crippen molar-refractivity contribution in [1.82, 2.24) is 15.1 Å². The zero-order valence-corrected chi connectivity index (χ0v) is 13.0.